The predicted molar refractivity (Wildman–Crippen MR) is 123 cm³/mol. The van der Waals surface area contributed by atoms with Crippen molar-refractivity contribution in [2.75, 3.05) is 37.6 Å². The van der Waals surface area contributed by atoms with E-state index < -0.39 is 0 Å². The summed E-state index contributed by atoms with van der Waals surface area (Å²) in [6.45, 7) is 9.85. The topological polar surface area (TPSA) is 40.9 Å². The van der Waals surface area contributed by atoms with Crippen molar-refractivity contribution in [3.63, 3.8) is 0 Å². The summed E-state index contributed by atoms with van der Waals surface area (Å²) in [6.07, 6.45) is 8.68. The van der Waals surface area contributed by atoms with Gasteiger partial charge in [0.05, 0.1) is 16.4 Å². The van der Waals surface area contributed by atoms with Crippen molar-refractivity contribution in [2.24, 2.45) is 0 Å². The largest absolute Gasteiger partial charge is 0.355 e. The van der Waals surface area contributed by atoms with Crippen LogP contribution in [0.4, 0.5) is 5.82 Å². The van der Waals surface area contributed by atoms with Crippen molar-refractivity contribution >= 4 is 38.1 Å². The number of fused-ring (bicyclic) bond motifs is 3. The molecule has 0 bridgehead atoms. The number of piperidine rings is 1. The fraction of sp³-hybridized carbons (Fsp3) is 0.565. The number of hydrogen-bond donors (Lipinski definition) is 0. The van der Waals surface area contributed by atoms with Gasteiger partial charge >= 0.3 is 0 Å². The molecule has 0 atom stereocenters. The Labute approximate surface area is 177 Å². The average molecular weight is 413 g/mol. The molecule has 0 saturated carbocycles. The fourth-order valence-electron chi connectivity index (χ4n) is 4.24. The van der Waals surface area contributed by atoms with E-state index in [-0.39, 0.29) is 5.78 Å². The molecule has 1 fully saturated rings. The van der Waals surface area contributed by atoms with E-state index >= 15 is 0 Å². The molecule has 6 heteroatoms. The van der Waals surface area contributed by atoms with Crippen molar-refractivity contribution in [3.8, 4) is 0 Å². The van der Waals surface area contributed by atoms with Crippen LogP contribution in [0.1, 0.15) is 62.7 Å². The zero-order valence-electron chi connectivity index (χ0n) is 17.7. The molecule has 1 aliphatic heterocycles. The average Bonchev–Trinajstić information content (AvgIpc) is 3.32. The van der Waals surface area contributed by atoms with Crippen molar-refractivity contribution in [2.45, 2.75) is 52.4 Å². The normalized spacial score (nSPS) is 15.1. The van der Waals surface area contributed by atoms with Gasteiger partial charge in [-0.15, -0.1) is 0 Å². The molecule has 0 amide bonds. The first kappa shape index (κ1) is 20.4. The van der Waals surface area contributed by atoms with Gasteiger partial charge in [-0.05, 0) is 69.9 Å². The van der Waals surface area contributed by atoms with Crippen LogP contribution in [0.3, 0.4) is 0 Å². The van der Waals surface area contributed by atoms with Gasteiger partial charge < -0.3 is 9.80 Å². The summed E-state index contributed by atoms with van der Waals surface area (Å²) in [5.74, 6) is 1.35. The van der Waals surface area contributed by atoms with Gasteiger partial charge in [0, 0.05) is 25.1 Å². The maximum atomic E-state index is 12.6. The van der Waals surface area contributed by atoms with Crippen molar-refractivity contribution in [3.05, 3.63) is 30.0 Å². The minimum atomic E-state index is 0.256. The lowest BCUT2D eigenvalue weighted by Gasteiger charge is -2.26. The van der Waals surface area contributed by atoms with Crippen LogP contribution in [-0.2, 0) is 0 Å². The summed E-state index contributed by atoms with van der Waals surface area (Å²) in [6, 6.07) is 6.13. The molecule has 4 rings (SSSR count). The second-order valence-corrected chi connectivity index (χ2v) is 9.00. The number of carbonyl (C=O) groups is 1. The maximum absolute atomic E-state index is 12.6. The smallest absolute Gasteiger partial charge is 0.196 e. The highest BCUT2D eigenvalue weighted by molar-refractivity contribution is 7.23. The van der Waals surface area contributed by atoms with Gasteiger partial charge in [0.15, 0.2) is 10.7 Å². The third-order valence-corrected chi connectivity index (χ3v) is 7.12. The molecule has 0 radical (unpaired) electrons. The molecule has 5 nitrogen and oxygen atoms in total. The number of aromatic nitrogens is 2. The molecule has 3 aromatic rings. The molecule has 1 saturated heterocycles. The lowest BCUT2D eigenvalue weighted by atomic mass is 10.1. The fourth-order valence-corrected chi connectivity index (χ4v) is 5.29. The first-order chi connectivity index (χ1) is 14.2. The standard InChI is InChI=1S/C23H32N4OS/c1-3-25(4-2)13-9-6-10-20(28)18-11-12-19-21(16-18)29-23-24-22(17-27(19)23)26-14-7-5-8-15-26/h11-12,16-17H,3-10,13-15H2,1-2H3. The Morgan fingerprint density at radius 3 is 2.69 bits per heavy atom. The molecule has 2 aromatic heterocycles. The van der Waals surface area contributed by atoms with E-state index in [0.717, 1.165) is 72.1 Å². The zero-order valence-corrected chi connectivity index (χ0v) is 18.5. The molecule has 0 N–H and O–H groups in total. The van der Waals surface area contributed by atoms with Gasteiger partial charge in [-0.25, -0.2) is 4.98 Å². The Morgan fingerprint density at radius 2 is 1.93 bits per heavy atom. The summed E-state index contributed by atoms with van der Waals surface area (Å²) in [4.78, 5) is 23.3. The first-order valence-corrected chi connectivity index (χ1v) is 11.9. The lowest BCUT2D eigenvalue weighted by molar-refractivity contribution is 0.0978. The summed E-state index contributed by atoms with van der Waals surface area (Å²) in [5, 5.41) is 0. The summed E-state index contributed by atoms with van der Waals surface area (Å²) >= 11 is 1.68. The second-order valence-electron chi connectivity index (χ2n) is 7.99. The molecular weight excluding hydrogens is 380 g/mol. The van der Waals surface area contributed by atoms with E-state index in [1.54, 1.807) is 11.3 Å². The number of carbonyl (C=O) groups excluding carboxylic acids is 1. The Morgan fingerprint density at radius 1 is 1.14 bits per heavy atom. The number of benzene rings is 1. The van der Waals surface area contributed by atoms with Gasteiger partial charge in [-0.3, -0.25) is 9.20 Å². The molecule has 3 heterocycles. The van der Waals surface area contributed by atoms with Crippen molar-refractivity contribution in [1.29, 1.82) is 0 Å². The number of unbranched alkanes of at least 4 members (excludes halogenated alkanes) is 1. The maximum Gasteiger partial charge on any atom is 0.196 e. The first-order valence-electron chi connectivity index (χ1n) is 11.1. The molecule has 29 heavy (non-hydrogen) atoms. The number of anilines is 1. The van der Waals surface area contributed by atoms with Crippen LogP contribution in [0.15, 0.2) is 24.4 Å². The van der Waals surface area contributed by atoms with Gasteiger partial charge in [0.25, 0.3) is 0 Å². The highest BCUT2D eigenvalue weighted by atomic mass is 32.1. The van der Waals surface area contributed by atoms with Gasteiger partial charge in [0.2, 0.25) is 0 Å². The van der Waals surface area contributed by atoms with Crippen LogP contribution in [0, 0.1) is 0 Å². The Balaban J connectivity index is 1.43. The predicted octanol–water partition coefficient (Wildman–Crippen LogP) is 5.23. The van der Waals surface area contributed by atoms with Crippen LogP contribution in [0.25, 0.3) is 15.2 Å². The lowest BCUT2D eigenvalue weighted by Crippen LogP contribution is -2.29. The summed E-state index contributed by atoms with van der Waals surface area (Å²) in [5.41, 5.74) is 1.99. The highest BCUT2D eigenvalue weighted by Gasteiger charge is 2.17. The van der Waals surface area contributed by atoms with Gasteiger partial charge in [-0.2, -0.15) is 0 Å². The number of ketones is 1. The minimum Gasteiger partial charge on any atom is -0.355 e. The Hall–Kier alpha value is -1.92. The van der Waals surface area contributed by atoms with Crippen LogP contribution in [0.5, 0.6) is 0 Å². The molecule has 0 spiro atoms. The van der Waals surface area contributed by atoms with E-state index in [1.807, 2.05) is 6.07 Å². The van der Waals surface area contributed by atoms with Crippen LogP contribution in [0.2, 0.25) is 0 Å². The van der Waals surface area contributed by atoms with E-state index in [1.165, 1.54) is 19.3 Å². The number of rotatable bonds is 9. The van der Waals surface area contributed by atoms with Crippen LogP contribution < -0.4 is 4.90 Å². The summed E-state index contributed by atoms with van der Waals surface area (Å²) in [7, 11) is 0. The summed E-state index contributed by atoms with van der Waals surface area (Å²) < 4.78 is 3.33. The van der Waals surface area contributed by atoms with Crippen molar-refractivity contribution < 1.29 is 4.79 Å². The number of Topliss-reactive ketones (excluding diaryl/α,β-unsaturated/α-hetero) is 1. The van der Waals surface area contributed by atoms with E-state index in [2.05, 4.69) is 46.4 Å². The Bertz CT molecular complexity index is 966. The molecule has 1 aliphatic rings. The quantitative estimate of drug-likeness (QED) is 0.356. The number of imidazole rings is 1. The molecular formula is C23H32N4OS. The van der Waals surface area contributed by atoms with Crippen LogP contribution in [-0.4, -0.2) is 52.8 Å². The number of nitrogens with zero attached hydrogens (tertiary/aromatic N) is 4. The third kappa shape index (κ3) is 4.48. The minimum absolute atomic E-state index is 0.256. The third-order valence-electron chi connectivity index (χ3n) is 6.11. The molecule has 156 valence electrons. The van der Waals surface area contributed by atoms with E-state index in [9.17, 15) is 4.79 Å². The SMILES string of the molecule is CCN(CC)CCCCC(=O)c1ccc2c(c1)sc1nc(N3CCCCC3)cn12. The second kappa shape index (κ2) is 9.26. The van der Waals surface area contributed by atoms with E-state index in [4.69, 9.17) is 4.98 Å². The monoisotopic (exact) mass is 412 g/mol. The van der Waals surface area contributed by atoms with Crippen molar-refractivity contribution in [1.82, 2.24) is 14.3 Å². The molecule has 1 aromatic carbocycles. The highest BCUT2D eigenvalue weighted by Crippen LogP contribution is 2.30. The van der Waals surface area contributed by atoms with Gasteiger partial charge in [0.1, 0.15) is 5.82 Å². The number of hydrogen-bond acceptors (Lipinski definition) is 5. The van der Waals surface area contributed by atoms with E-state index in [0.29, 0.717) is 6.42 Å². The number of thiazole rings is 1. The zero-order chi connectivity index (χ0) is 20.2. The Kier molecular flexibility index (Phi) is 6.50. The van der Waals surface area contributed by atoms with Gasteiger partial charge in [-0.1, -0.05) is 25.2 Å². The van der Waals surface area contributed by atoms with Crippen LogP contribution >= 0.6 is 11.3 Å². The molecule has 0 aliphatic carbocycles. The molecule has 0 unspecified atom stereocenters.